The maximum absolute atomic E-state index is 10.3. The molecule has 0 amide bonds. The van der Waals surface area contributed by atoms with Gasteiger partial charge in [0.1, 0.15) is 5.75 Å². The van der Waals surface area contributed by atoms with Crippen LogP contribution < -0.4 is 10.9 Å². The molecule has 3 nitrogen and oxygen atoms in total. The van der Waals surface area contributed by atoms with Crippen molar-refractivity contribution in [3.05, 3.63) is 68.7 Å². The molecule has 3 rings (SSSR count). The van der Waals surface area contributed by atoms with Crippen molar-refractivity contribution in [2.45, 2.75) is 19.9 Å². The van der Waals surface area contributed by atoms with Gasteiger partial charge in [-0.3, -0.25) is 0 Å². The van der Waals surface area contributed by atoms with Crippen LogP contribution in [0.15, 0.2) is 36.4 Å². The lowest BCUT2D eigenvalue weighted by atomic mass is 10.0. The molecule has 0 radical (unpaired) electrons. The number of aryl methyl sites for hydroxylation is 2. The van der Waals surface area contributed by atoms with Crippen molar-refractivity contribution in [2.24, 2.45) is 0 Å². The molecule has 2 aromatic carbocycles. The van der Waals surface area contributed by atoms with Crippen molar-refractivity contribution in [3.8, 4) is 5.75 Å². The van der Waals surface area contributed by atoms with Gasteiger partial charge in [0.25, 0.3) is 0 Å². The van der Waals surface area contributed by atoms with Gasteiger partial charge in [-0.1, -0.05) is 35.3 Å². The summed E-state index contributed by atoms with van der Waals surface area (Å²) in [6.45, 7) is 3.89. The van der Waals surface area contributed by atoms with Crippen LogP contribution in [0.4, 0.5) is 0 Å². The van der Waals surface area contributed by atoms with Gasteiger partial charge in [0.05, 0.1) is 11.7 Å². The van der Waals surface area contributed by atoms with Gasteiger partial charge in [-0.2, -0.15) is 0 Å². The summed E-state index contributed by atoms with van der Waals surface area (Å²) in [6.07, 6.45) is 1.97. The number of rotatable bonds is 2. The summed E-state index contributed by atoms with van der Waals surface area (Å²) in [4.78, 5) is 0. The lowest BCUT2D eigenvalue weighted by Gasteiger charge is -2.13. The number of nitrogens with one attached hydrogen (secondary N) is 2. The number of aromatic hydroxyl groups is 1. The molecule has 22 heavy (non-hydrogen) atoms. The summed E-state index contributed by atoms with van der Waals surface area (Å²) in [5, 5.41) is 11.5. The second-order valence-corrected chi connectivity index (χ2v) is 6.26. The van der Waals surface area contributed by atoms with Crippen LogP contribution in [-0.2, 0) is 0 Å². The van der Waals surface area contributed by atoms with Gasteiger partial charge in [-0.15, -0.1) is 0 Å². The third kappa shape index (κ3) is 2.68. The van der Waals surface area contributed by atoms with E-state index >= 15 is 0 Å². The van der Waals surface area contributed by atoms with Gasteiger partial charge in [-0.25, -0.2) is 5.43 Å². The Labute approximate surface area is 139 Å². The van der Waals surface area contributed by atoms with Crippen molar-refractivity contribution in [1.82, 2.24) is 10.9 Å². The topological polar surface area (TPSA) is 44.3 Å². The molecule has 0 bridgehead atoms. The Bertz CT molecular complexity index is 751. The molecule has 0 aromatic heterocycles. The van der Waals surface area contributed by atoms with Gasteiger partial charge >= 0.3 is 0 Å². The quantitative estimate of drug-likeness (QED) is 0.757. The van der Waals surface area contributed by atoms with E-state index in [-0.39, 0.29) is 11.8 Å². The van der Waals surface area contributed by atoms with Gasteiger partial charge in [-0.05, 0) is 49.2 Å². The molecule has 1 heterocycles. The lowest BCUT2D eigenvalue weighted by molar-refractivity contribution is 0.468. The fraction of sp³-hybridized carbons (Fsp3) is 0.176. The average molecular weight is 335 g/mol. The van der Waals surface area contributed by atoms with E-state index in [9.17, 15) is 5.11 Å². The molecule has 0 spiro atoms. The predicted octanol–water partition coefficient (Wildman–Crippen LogP) is 4.51. The molecule has 0 unspecified atom stereocenters. The number of hydrogen-bond donors (Lipinski definition) is 3. The van der Waals surface area contributed by atoms with Crippen molar-refractivity contribution in [3.63, 3.8) is 0 Å². The lowest BCUT2D eigenvalue weighted by Crippen LogP contribution is -2.26. The van der Waals surface area contributed by atoms with Crippen LogP contribution in [0.5, 0.6) is 5.75 Å². The van der Waals surface area contributed by atoms with Crippen LogP contribution in [0.2, 0.25) is 10.0 Å². The Kier molecular flexibility index (Phi) is 4.04. The van der Waals surface area contributed by atoms with Crippen LogP contribution >= 0.6 is 23.2 Å². The van der Waals surface area contributed by atoms with E-state index in [0.29, 0.717) is 10.0 Å². The summed E-state index contributed by atoms with van der Waals surface area (Å²) in [5.74, 6) is 0.275. The van der Waals surface area contributed by atoms with E-state index in [2.05, 4.69) is 10.9 Å². The first-order chi connectivity index (χ1) is 10.5. The van der Waals surface area contributed by atoms with Gasteiger partial charge in [0.2, 0.25) is 0 Å². The Balaban J connectivity index is 2.02. The fourth-order valence-corrected chi connectivity index (χ4v) is 3.32. The zero-order chi connectivity index (χ0) is 15.9. The maximum Gasteiger partial charge on any atom is 0.127 e. The van der Waals surface area contributed by atoms with Crippen LogP contribution in [0.1, 0.15) is 28.3 Å². The molecular formula is C17H16Cl2N2O. The molecule has 5 heteroatoms. The maximum atomic E-state index is 10.3. The smallest absolute Gasteiger partial charge is 0.127 e. The van der Waals surface area contributed by atoms with E-state index in [0.717, 1.165) is 28.0 Å². The molecule has 3 N–H and O–H groups in total. The highest BCUT2D eigenvalue weighted by Gasteiger charge is 2.23. The monoisotopic (exact) mass is 334 g/mol. The summed E-state index contributed by atoms with van der Waals surface area (Å²) in [5.41, 5.74) is 10.6. The highest BCUT2D eigenvalue weighted by molar-refractivity contribution is 6.36. The Morgan fingerprint density at radius 3 is 2.45 bits per heavy atom. The molecular weight excluding hydrogens is 319 g/mol. The zero-order valence-electron chi connectivity index (χ0n) is 12.2. The van der Waals surface area contributed by atoms with Crippen molar-refractivity contribution < 1.29 is 5.11 Å². The van der Waals surface area contributed by atoms with E-state index in [1.807, 2.05) is 50.3 Å². The Morgan fingerprint density at radius 2 is 1.77 bits per heavy atom. The molecule has 1 aliphatic rings. The second kappa shape index (κ2) is 5.84. The number of phenolic OH excluding ortho intramolecular Hbond substituents is 1. The highest BCUT2D eigenvalue weighted by atomic mass is 35.5. The first-order valence-electron chi connectivity index (χ1n) is 6.95. The van der Waals surface area contributed by atoms with Crippen LogP contribution in [0.25, 0.3) is 5.70 Å². The van der Waals surface area contributed by atoms with Crippen LogP contribution in [0.3, 0.4) is 0 Å². The number of phenols is 1. The minimum absolute atomic E-state index is 0.156. The SMILES string of the molecule is Cc1cc(C)c(O)c(C2=C[C@@H](c3c(Cl)cccc3Cl)NN2)c1. The number of hydrazine groups is 1. The normalized spacial score (nSPS) is 17.3. The molecule has 114 valence electrons. The fourth-order valence-electron chi connectivity index (χ4n) is 2.69. The third-order valence-corrected chi connectivity index (χ3v) is 4.40. The van der Waals surface area contributed by atoms with Gasteiger partial charge in [0, 0.05) is 21.2 Å². The zero-order valence-corrected chi connectivity index (χ0v) is 13.8. The van der Waals surface area contributed by atoms with Crippen molar-refractivity contribution in [1.29, 1.82) is 0 Å². The first-order valence-corrected chi connectivity index (χ1v) is 7.71. The second-order valence-electron chi connectivity index (χ2n) is 5.44. The summed E-state index contributed by atoms with van der Waals surface area (Å²) in [7, 11) is 0. The minimum atomic E-state index is -0.156. The van der Waals surface area contributed by atoms with Crippen molar-refractivity contribution in [2.75, 3.05) is 0 Å². The van der Waals surface area contributed by atoms with Gasteiger partial charge in [0.15, 0.2) is 0 Å². The van der Waals surface area contributed by atoms with Crippen LogP contribution in [0, 0.1) is 13.8 Å². The Hall–Kier alpha value is -1.68. The molecule has 0 aliphatic carbocycles. The van der Waals surface area contributed by atoms with E-state index in [1.165, 1.54) is 0 Å². The minimum Gasteiger partial charge on any atom is -0.507 e. The number of halogens is 2. The van der Waals surface area contributed by atoms with E-state index in [4.69, 9.17) is 23.2 Å². The van der Waals surface area contributed by atoms with Gasteiger partial charge < -0.3 is 10.5 Å². The summed E-state index contributed by atoms with van der Waals surface area (Å²) in [6, 6.07) is 9.17. The van der Waals surface area contributed by atoms with E-state index < -0.39 is 0 Å². The average Bonchev–Trinajstić information content (AvgIpc) is 2.92. The summed E-state index contributed by atoms with van der Waals surface area (Å²) < 4.78 is 0. The first kappa shape index (κ1) is 15.2. The molecule has 0 saturated carbocycles. The molecule has 2 aromatic rings. The molecule has 0 fully saturated rings. The molecule has 1 aliphatic heterocycles. The third-order valence-electron chi connectivity index (χ3n) is 3.74. The predicted molar refractivity (Wildman–Crippen MR) is 91.0 cm³/mol. The number of benzene rings is 2. The number of hydrogen-bond acceptors (Lipinski definition) is 3. The molecule has 1 atom stereocenters. The highest BCUT2D eigenvalue weighted by Crippen LogP contribution is 2.36. The van der Waals surface area contributed by atoms with Crippen LogP contribution in [-0.4, -0.2) is 5.11 Å². The van der Waals surface area contributed by atoms with Crippen molar-refractivity contribution >= 4 is 28.9 Å². The molecule has 0 saturated heterocycles. The van der Waals surface area contributed by atoms with E-state index in [1.54, 1.807) is 0 Å². The Morgan fingerprint density at radius 1 is 1.09 bits per heavy atom. The largest absolute Gasteiger partial charge is 0.507 e. The standard InChI is InChI=1S/C17H16Cl2N2O/c1-9-6-10(2)17(22)11(7-9)14-8-15(21-20-14)16-12(18)4-3-5-13(16)19/h3-8,15,20-22H,1-2H3/t15-/m0/s1. The summed E-state index contributed by atoms with van der Waals surface area (Å²) >= 11 is 12.5.